The third kappa shape index (κ3) is 6.16. The summed E-state index contributed by atoms with van der Waals surface area (Å²) in [5, 5.41) is 6.46. The summed E-state index contributed by atoms with van der Waals surface area (Å²) in [5.41, 5.74) is 1.72. The summed E-state index contributed by atoms with van der Waals surface area (Å²) in [4.78, 5) is 4.21. The molecule has 0 saturated heterocycles. The predicted octanol–water partition coefficient (Wildman–Crippen LogP) is 4.10. The Morgan fingerprint density at radius 2 is 1.73 bits per heavy atom. The van der Waals surface area contributed by atoms with E-state index in [-0.39, 0.29) is 35.2 Å². The lowest BCUT2D eigenvalue weighted by atomic mass is 9.84. The standard InChI is InChI=1S/C20H26FN3O.HI/c1-20(2,16-9-11-17(25-4)12-10-16)14-24-19(22-3)23-13-15-7-5-6-8-18(15)21;/h5-12H,13-14H2,1-4H3,(H2,22,23,24);1H. The van der Waals surface area contributed by atoms with Gasteiger partial charge in [-0.25, -0.2) is 4.39 Å². The largest absolute Gasteiger partial charge is 0.497 e. The second kappa shape index (κ2) is 10.4. The number of benzene rings is 2. The molecule has 0 spiro atoms. The summed E-state index contributed by atoms with van der Waals surface area (Å²) < 4.78 is 18.9. The number of nitrogens with zero attached hydrogens (tertiary/aromatic N) is 1. The zero-order chi connectivity index (χ0) is 18.3. The number of halogens is 2. The highest BCUT2D eigenvalue weighted by atomic mass is 127. The molecular weight excluding hydrogens is 444 g/mol. The van der Waals surface area contributed by atoms with Crippen molar-refractivity contribution in [2.24, 2.45) is 4.99 Å². The first-order valence-electron chi connectivity index (χ1n) is 8.29. The van der Waals surface area contributed by atoms with Gasteiger partial charge in [0.2, 0.25) is 0 Å². The monoisotopic (exact) mass is 471 g/mol. The van der Waals surface area contributed by atoms with Crippen molar-refractivity contribution < 1.29 is 9.13 Å². The van der Waals surface area contributed by atoms with Crippen LogP contribution in [0.5, 0.6) is 5.75 Å². The zero-order valence-corrected chi connectivity index (χ0v) is 18.0. The molecule has 142 valence electrons. The Bertz CT molecular complexity index is 717. The molecule has 2 aromatic carbocycles. The Morgan fingerprint density at radius 1 is 1.08 bits per heavy atom. The fourth-order valence-electron chi connectivity index (χ4n) is 2.49. The van der Waals surface area contributed by atoms with E-state index in [1.54, 1.807) is 26.3 Å². The topological polar surface area (TPSA) is 45.7 Å². The van der Waals surface area contributed by atoms with Crippen LogP contribution < -0.4 is 15.4 Å². The molecule has 0 aliphatic rings. The van der Waals surface area contributed by atoms with E-state index in [0.29, 0.717) is 24.6 Å². The van der Waals surface area contributed by atoms with Crippen LogP contribution in [-0.4, -0.2) is 26.7 Å². The minimum absolute atomic E-state index is 0. The van der Waals surface area contributed by atoms with Gasteiger partial charge in [0.05, 0.1) is 7.11 Å². The highest BCUT2D eigenvalue weighted by Crippen LogP contribution is 2.24. The Labute approximate surface area is 172 Å². The first-order chi connectivity index (χ1) is 12.0. The van der Waals surface area contributed by atoms with Crippen molar-refractivity contribution >= 4 is 29.9 Å². The van der Waals surface area contributed by atoms with Gasteiger partial charge in [-0.15, -0.1) is 24.0 Å². The number of nitrogens with one attached hydrogen (secondary N) is 2. The second-order valence-corrected chi connectivity index (χ2v) is 6.48. The first kappa shape index (κ1) is 22.2. The number of aliphatic imine (C=N–C) groups is 1. The van der Waals surface area contributed by atoms with Crippen LogP contribution in [0.2, 0.25) is 0 Å². The van der Waals surface area contributed by atoms with E-state index in [2.05, 4.69) is 41.6 Å². The van der Waals surface area contributed by atoms with Crippen molar-refractivity contribution in [1.82, 2.24) is 10.6 Å². The van der Waals surface area contributed by atoms with Gasteiger partial charge in [-0.1, -0.05) is 44.2 Å². The van der Waals surface area contributed by atoms with E-state index >= 15 is 0 Å². The highest BCUT2D eigenvalue weighted by Gasteiger charge is 2.21. The summed E-state index contributed by atoms with van der Waals surface area (Å²) >= 11 is 0. The normalized spacial score (nSPS) is 11.5. The van der Waals surface area contributed by atoms with Gasteiger partial charge >= 0.3 is 0 Å². The molecule has 0 bridgehead atoms. The number of hydrogen-bond acceptors (Lipinski definition) is 2. The Morgan fingerprint density at radius 3 is 2.31 bits per heavy atom. The molecule has 4 nitrogen and oxygen atoms in total. The summed E-state index contributed by atoms with van der Waals surface area (Å²) in [6, 6.07) is 14.8. The van der Waals surface area contributed by atoms with Crippen molar-refractivity contribution in [3.05, 3.63) is 65.5 Å². The van der Waals surface area contributed by atoms with E-state index in [1.165, 1.54) is 11.6 Å². The molecule has 2 rings (SSSR count). The number of hydrogen-bond donors (Lipinski definition) is 2. The smallest absolute Gasteiger partial charge is 0.191 e. The lowest BCUT2D eigenvalue weighted by molar-refractivity contribution is 0.414. The third-order valence-corrected chi connectivity index (χ3v) is 4.20. The minimum Gasteiger partial charge on any atom is -0.497 e. The Balaban J connectivity index is 0.00000338. The predicted molar refractivity (Wildman–Crippen MR) is 116 cm³/mol. The molecule has 0 aromatic heterocycles. The maximum absolute atomic E-state index is 13.7. The highest BCUT2D eigenvalue weighted by molar-refractivity contribution is 14.0. The van der Waals surface area contributed by atoms with Crippen LogP contribution in [0.15, 0.2) is 53.5 Å². The number of methoxy groups -OCH3 is 1. The molecule has 0 fully saturated rings. The van der Waals surface area contributed by atoms with Crippen molar-refractivity contribution in [1.29, 1.82) is 0 Å². The Hall–Kier alpha value is -1.83. The van der Waals surface area contributed by atoms with E-state index in [9.17, 15) is 4.39 Å². The molecule has 0 heterocycles. The minimum atomic E-state index is -0.219. The van der Waals surface area contributed by atoms with Crippen LogP contribution in [0.1, 0.15) is 25.0 Å². The molecule has 0 aliphatic carbocycles. The molecule has 0 saturated carbocycles. The third-order valence-electron chi connectivity index (χ3n) is 4.20. The summed E-state index contributed by atoms with van der Waals surface area (Å²) in [6.07, 6.45) is 0. The van der Waals surface area contributed by atoms with Gasteiger partial charge in [0.15, 0.2) is 5.96 Å². The van der Waals surface area contributed by atoms with Crippen LogP contribution in [0.4, 0.5) is 4.39 Å². The molecule has 0 amide bonds. The number of guanidine groups is 1. The van der Waals surface area contributed by atoms with Gasteiger partial charge in [-0.2, -0.15) is 0 Å². The Kier molecular flexibility index (Phi) is 8.84. The average Bonchev–Trinajstić information content (AvgIpc) is 2.63. The first-order valence-corrected chi connectivity index (χ1v) is 8.29. The van der Waals surface area contributed by atoms with Gasteiger partial charge in [0.1, 0.15) is 11.6 Å². The summed E-state index contributed by atoms with van der Waals surface area (Å²) in [7, 11) is 3.37. The lowest BCUT2D eigenvalue weighted by Crippen LogP contribution is -2.43. The maximum Gasteiger partial charge on any atom is 0.191 e. The van der Waals surface area contributed by atoms with Crippen LogP contribution in [0.3, 0.4) is 0 Å². The lowest BCUT2D eigenvalue weighted by Gasteiger charge is -2.27. The molecular formula is C20H27FIN3O. The second-order valence-electron chi connectivity index (χ2n) is 6.48. The SMILES string of the molecule is CN=C(NCc1ccccc1F)NCC(C)(C)c1ccc(OC)cc1.I. The van der Waals surface area contributed by atoms with Gasteiger partial charge in [0, 0.05) is 31.1 Å². The van der Waals surface area contributed by atoms with Crippen LogP contribution in [0.25, 0.3) is 0 Å². The maximum atomic E-state index is 13.7. The van der Waals surface area contributed by atoms with Crippen LogP contribution in [-0.2, 0) is 12.0 Å². The average molecular weight is 471 g/mol. The summed E-state index contributed by atoms with van der Waals surface area (Å²) in [5.74, 6) is 1.27. The molecule has 0 atom stereocenters. The summed E-state index contributed by atoms with van der Waals surface area (Å²) in [6.45, 7) is 5.39. The van der Waals surface area contributed by atoms with Crippen molar-refractivity contribution in [2.45, 2.75) is 25.8 Å². The van der Waals surface area contributed by atoms with Gasteiger partial charge in [-0.05, 0) is 23.8 Å². The quantitative estimate of drug-likeness (QED) is 0.379. The van der Waals surface area contributed by atoms with Crippen molar-refractivity contribution in [3.63, 3.8) is 0 Å². The molecule has 0 unspecified atom stereocenters. The fourth-order valence-corrected chi connectivity index (χ4v) is 2.49. The van der Waals surface area contributed by atoms with Gasteiger partial charge < -0.3 is 15.4 Å². The van der Waals surface area contributed by atoms with E-state index < -0.39 is 0 Å². The molecule has 26 heavy (non-hydrogen) atoms. The molecule has 0 radical (unpaired) electrons. The van der Waals surface area contributed by atoms with Crippen molar-refractivity contribution in [3.8, 4) is 5.75 Å². The van der Waals surface area contributed by atoms with Crippen LogP contribution in [0, 0.1) is 5.82 Å². The molecule has 6 heteroatoms. The molecule has 2 N–H and O–H groups in total. The van der Waals surface area contributed by atoms with Gasteiger partial charge in [0.25, 0.3) is 0 Å². The van der Waals surface area contributed by atoms with Gasteiger partial charge in [-0.3, -0.25) is 4.99 Å². The molecule has 2 aromatic rings. The van der Waals surface area contributed by atoms with Crippen LogP contribution >= 0.6 is 24.0 Å². The van der Waals surface area contributed by atoms with E-state index in [1.807, 2.05) is 18.2 Å². The van der Waals surface area contributed by atoms with E-state index in [0.717, 1.165) is 5.75 Å². The molecule has 0 aliphatic heterocycles. The zero-order valence-electron chi connectivity index (χ0n) is 15.7. The number of ether oxygens (including phenoxy) is 1. The number of rotatable bonds is 6. The fraction of sp³-hybridized carbons (Fsp3) is 0.350. The van der Waals surface area contributed by atoms with E-state index in [4.69, 9.17) is 4.74 Å². The van der Waals surface area contributed by atoms with Crippen molar-refractivity contribution in [2.75, 3.05) is 20.7 Å².